The van der Waals surface area contributed by atoms with Crippen molar-refractivity contribution in [3.8, 4) is 0 Å². The molecule has 0 aromatic carbocycles. The van der Waals surface area contributed by atoms with Gasteiger partial charge in [-0.05, 0) is 6.42 Å². The molecule has 0 saturated carbocycles. The van der Waals surface area contributed by atoms with E-state index in [4.69, 9.17) is 9.84 Å². The number of nitrogens with zero attached hydrogens (tertiary/aromatic N) is 1. The Morgan fingerprint density at radius 1 is 1.65 bits per heavy atom. The van der Waals surface area contributed by atoms with Crippen molar-refractivity contribution in [3.05, 3.63) is 12.7 Å². The third-order valence-electron chi connectivity index (χ3n) is 3.17. The summed E-state index contributed by atoms with van der Waals surface area (Å²) in [5, 5.41) is 11.4. The van der Waals surface area contributed by atoms with Crippen molar-refractivity contribution in [2.24, 2.45) is 5.92 Å². The predicted molar refractivity (Wildman–Crippen MR) is 70.9 cm³/mol. The molecule has 2 N–H and O–H groups in total. The highest BCUT2D eigenvalue weighted by Gasteiger charge is 2.35. The van der Waals surface area contributed by atoms with E-state index in [1.54, 1.807) is 4.90 Å². The molecule has 112 valence electrons. The van der Waals surface area contributed by atoms with E-state index in [0.717, 1.165) is 0 Å². The molecule has 1 aliphatic rings. The zero-order valence-corrected chi connectivity index (χ0v) is 11.5. The normalized spacial score (nSPS) is 19.8. The summed E-state index contributed by atoms with van der Waals surface area (Å²) >= 11 is 0. The Balaban J connectivity index is 2.54. The van der Waals surface area contributed by atoms with Crippen LogP contribution in [-0.2, 0) is 19.1 Å². The fourth-order valence-electron chi connectivity index (χ4n) is 2.04. The van der Waals surface area contributed by atoms with Gasteiger partial charge in [0.2, 0.25) is 11.8 Å². The van der Waals surface area contributed by atoms with E-state index in [1.165, 1.54) is 13.2 Å². The topological polar surface area (TPSA) is 95.9 Å². The minimum atomic E-state index is -1.11. The number of carbonyl (C=O) groups is 3. The molecule has 0 spiro atoms. The van der Waals surface area contributed by atoms with Crippen LogP contribution < -0.4 is 5.32 Å². The number of carboxylic acids is 1. The van der Waals surface area contributed by atoms with Crippen molar-refractivity contribution in [1.29, 1.82) is 0 Å². The molecule has 1 aliphatic heterocycles. The number of methoxy groups -OCH3 is 1. The Labute approximate surface area is 117 Å². The summed E-state index contributed by atoms with van der Waals surface area (Å²) in [5.41, 5.74) is 0. The smallest absolute Gasteiger partial charge is 0.326 e. The van der Waals surface area contributed by atoms with Crippen LogP contribution in [0.5, 0.6) is 0 Å². The maximum atomic E-state index is 12.0. The number of amides is 2. The molecule has 0 bridgehead atoms. The van der Waals surface area contributed by atoms with Crippen LogP contribution in [0.2, 0.25) is 0 Å². The highest BCUT2D eigenvalue weighted by Crippen LogP contribution is 2.18. The lowest BCUT2D eigenvalue weighted by Crippen LogP contribution is -2.44. The Bertz CT molecular complexity index is 396. The zero-order chi connectivity index (χ0) is 15.1. The maximum absolute atomic E-state index is 12.0. The lowest BCUT2D eigenvalue weighted by molar-refractivity contribution is -0.142. The molecule has 2 unspecified atom stereocenters. The van der Waals surface area contributed by atoms with Gasteiger partial charge in [0.1, 0.15) is 6.04 Å². The van der Waals surface area contributed by atoms with Crippen LogP contribution in [0, 0.1) is 5.92 Å². The molecule has 2 amide bonds. The Kier molecular flexibility index (Phi) is 6.17. The SMILES string of the molecule is C=CCC(NC(=O)C1CC(=O)N(CCOC)C1)C(=O)O. The Morgan fingerprint density at radius 3 is 2.90 bits per heavy atom. The summed E-state index contributed by atoms with van der Waals surface area (Å²) in [6, 6.07) is -0.997. The number of aliphatic carboxylic acids is 1. The molecule has 2 atom stereocenters. The second-order valence-electron chi connectivity index (χ2n) is 4.66. The Morgan fingerprint density at radius 2 is 2.35 bits per heavy atom. The molecule has 1 saturated heterocycles. The van der Waals surface area contributed by atoms with E-state index >= 15 is 0 Å². The summed E-state index contributed by atoms with van der Waals surface area (Å²) in [6.07, 6.45) is 1.69. The molecular formula is C13H20N2O5. The summed E-state index contributed by atoms with van der Waals surface area (Å²) in [4.78, 5) is 36.2. The van der Waals surface area contributed by atoms with Gasteiger partial charge in [-0.3, -0.25) is 9.59 Å². The highest BCUT2D eigenvalue weighted by molar-refractivity contribution is 5.91. The van der Waals surface area contributed by atoms with Gasteiger partial charge in [0.25, 0.3) is 0 Å². The molecule has 0 aromatic heterocycles. The van der Waals surface area contributed by atoms with Crippen LogP contribution in [0.3, 0.4) is 0 Å². The number of hydrogen-bond acceptors (Lipinski definition) is 4. The molecule has 7 nitrogen and oxygen atoms in total. The van der Waals surface area contributed by atoms with Crippen LogP contribution in [0.25, 0.3) is 0 Å². The summed E-state index contributed by atoms with van der Waals surface area (Å²) in [6.45, 7) is 4.60. The average Bonchev–Trinajstić information content (AvgIpc) is 2.77. The number of likely N-dealkylation sites (tertiary alicyclic amines) is 1. The number of nitrogens with one attached hydrogen (secondary N) is 1. The number of rotatable bonds is 8. The first-order chi connectivity index (χ1) is 9.49. The van der Waals surface area contributed by atoms with Gasteiger partial charge in [0, 0.05) is 26.6 Å². The van der Waals surface area contributed by atoms with Crippen molar-refractivity contribution in [2.75, 3.05) is 26.8 Å². The van der Waals surface area contributed by atoms with Gasteiger partial charge in [-0.15, -0.1) is 6.58 Å². The van der Waals surface area contributed by atoms with Gasteiger partial charge in [-0.25, -0.2) is 4.79 Å². The molecule has 0 radical (unpaired) electrons. The minimum Gasteiger partial charge on any atom is -0.480 e. The van der Waals surface area contributed by atoms with Gasteiger partial charge in [0.05, 0.1) is 12.5 Å². The third kappa shape index (κ3) is 4.34. The van der Waals surface area contributed by atoms with Crippen LogP contribution in [0.4, 0.5) is 0 Å². The zero-order valence-electron chi connectivity index (χ0n) is 11.5. The number of carbonyl (C=O) groups excluding carboxylic acids is 2. The third-order valence-corrected chi connectivity index (χ3v) is 3.17. The van der Waals surface area contributed by atoms with E-state index < -0.39 is 23.8 Å². The van der Waals surface area contributed by atoms with Gasteiger partial charge in [-0.2, -0.15) is 0 Å². The van der Waals surface area contributed by atoms with Gasteiger partial charge >= 0.3 is 5.97 Å². The summed E-state index contributed by atoms with van der Waals surface area (Å²) < 4.78 is 4.89. The van der Waals surface area contributed by atoms with E-state index in [-0.39, 0.29) is 18.7 Å². The molecule has 0 aromatic rings. The molecule has 1 rings (SSSR count). The number of ether oxygens (including phenoxy) is 1. The van der Waals surface area contributed by atoms with Gasteiger partial charge in [0.15, 0.2) is 0 Å². The van der Waals surface area contributed by atoms with Crippen molar-refractivity contribution >= 4 is 17.8 Å². The number of carboxylic acid groups (broad SMARTS) is 1. The summed E-state index contributed by atoms with van der Waals surface area (Å²) in [5.74, 6) is -2.14. The fraction of sp³-hybridized carbons (Fsp3) is 0.615. The van der Waals surface area contributed by atoms with Crippen molar-refractivity contribution in [3.63, 3.8) is 0 Å². The van der Waals surface area contributed by atoms with Crippen molar-refractivity contribution in [2.45, 2.75) is 18.9 Å². The van der Waals surface area contributed by atoms with Crippen LogP contribution >= 0.6 is 0 Å². The van der Waals surface area contributed by atoms with E-state index in [9.17, 15) is 14.4 Å². The summed E-state index contributed by atoms with van der Waals surface area (Å²) in [7, 11) is 1.54. The molecule has 1 fully saturated rings. The lowest BCUT2D eigenvalue weighted by atomic mass is 10.1. The second-order valence-corrected chi connectivity index (χ2v) is 4.66. The van der Waals surface area contributed by atoms with E-state index in [2.05, 4.69) is 11.9 Å². The second kappa shape index (κ2) is 7.64. The monoisotopic (exact) mass is 284 g/mol. The molecule has 7 heteroatoms. The lowest BCUT2D eigenvalue weighted by Gasteiger charge is -2.17. The first-order valence-corrected chi connectivity index (χ1v) is 6.40. The first-order valence-electron chi connectivity index (χ1n) is 6.40. The van der Waals surface area contributed by atoms with Crippen molar-refractivity contribution in [1.82, 2.24) is 10.2 Å². The minimum absolute atomic E-state index is 0.107. The largest absolute Gasteiger partial charge is 0.480 e. The average molecular weight is 284 g/mol. The van der Waals surface area contributed by atoms with Crippen LogP contribution in [-0.4, -0.2) is 60.6 Å². The van der Waals surface area contributed by atoms with E-state index in [0.29, 0.717) is 19.7 Å². The standard InChI is InChI=1S/C13H20N2O5/c1-3-4-10(13(18)19)14-12(17)9-7-11(16)15(8-9)5-6-20-2/h3,9-10H,1,4-8H2,2H3,(H,14,17)(H,18,19). The van der Waals surface area contributed by atoms with Crippen LogP contribution in [0.1, 0.15) is 12.8 Å². The molecule has 0 aliphatic carbocycles. The first kappa shape index (κ1) is 16.2. The van der Waals surface area contributed by atoms with Gasteiger partial charge < -0.3 is 20.1 Å². The van der Waals surface area contributed by atoms with E-state index in [1.807, 2.05) is 0 Å². The predicted octanol–water partition coefficient (Wildman–Crippen LogP) is -0.373. The number of hydrogen-bond donors (Lipinski definition) is 2. The van der Waals surface area contributed by atoms with Crippen molar-refractivity contribution < 1.29 is 24.2 Å². The fourth-order valence-corrected chi connectivity index (χ4v) is 2.04. The Hall–Kier alpha value is -1.89. The van der Waals surface area contributed by atoms with Crippen LogP contribution in [0.15, 0.2) is 12.7 Å². The maximum Gasteiger partial charge on any atom is 0.326 e. The molecular weight excluding hydrogens is 264 g/mol. The molecule has 20 heavy (non-hydrogen) atoms. The molecule has 1 heterocycles. The quantitative estimate of drug-likeness (QED) is 0.593. The van der Waals surface area contributed by atoms with Gasteiger partial charge in [-0.1, -0.05) is 6.08 Å². The highest BCUT2D eigenvalue weighted by atomic mass is 16.5.